The summed E-state index contributed by atoms with van der Waals surface area (Å²) in [5, 5.41) is 30.2. The molecule has 12 heteroatoms. The van der Waals surface area contributed by atoms with Gasteiger partial charge in [-0.2, -0.15) is 5.10 Å². The number of thiophene rings is 1. The van der Waals surface area contributed by atoms with Gasteiger partial charge in [-0.25, -0.2) is 15.0 Å². The van der Waals surface area contributed by atoms with Gasteiger partial charge in [0.05, 0.1) is 35.0 Å². The van der Waals surface area contributed by atoms with E-state index in [1.807, 2.05) is 24.5 Å². The van der Waals surface area contributed by atoms with E-state index >= 15 is 0 Å². The van der Waals surface area contributed by atoms with Gasteiger partial charge in [0.15, 0.2) is 5.82 Å². The lowest BCUT2D eigenvalue weighted by Crippen LogP contribution is -2.49. The lowest BCUT2D eigenvalue weighted by Gasteiger charge is -2.35. The van der Waals surface area contributed by atoms with Gasteiger partial charge in [0.1, 0.15) is 11.6 Å². The van der Waals surface area contributed by atoms with Crippen LogP contribution in [0.3, 0.4) is 0 Å². The molecule has 7 heterocycles. The molecule has 0 bridgehead atoms. The van der Waals surface area contributed by atoms with E-state index in [4.69, 9.17) is 19.8 Å². The Morgan fingerprint density at radius 3 is 2.71 bits per heavy atom. The number of aliphatic hydroxyl groups excluding tert-OH is 2. The number of nitrogens with one attached hydrogen (secondary N) is 1. The number of aliphatic hydroxyl groups is 2. The van der Waals surface area contributed by atoms with Gasteiger partial charge in [-0.3, -0.25) is 9.58 Å². The zero-order chi connectivity index (χ0) is 28.5. The van der Waals surface area contributed by atoms with E-state index in [0.29, 0.717) is 30.0 Å². The Bertz CT molecular complexity index is 1510. The molecule has 0 amide bonds. The molecule has 3 aliphatic heterocycles. The zero-order valence-electron chi connectivity index (χ0n) is 23.5. The van der Waals surface area contributed by atoms with Gasteiger partial charge in [-0.15, -0.1) is 11.3 Å². The standard InChI is InChI=1S/C30H36N8O3S/c39-23-2-1-7-37(18-23)26-11-29(32-13-25(26)21-12-33-38(15-21)22-4-8-41-9-5-22)34-28-3-6-31-30(35-28)27-10-20(19-42-27)14-36-16-24(40)17-36/h3,6,10-13,15,19,22-24,39-40H,1-2,4-5,7-9,14,16-18H2,(H,31,32,34,35)/t23-/m0/s1. The molecular formula is C30H36N8O3S. The fourth-order valence-corrected chi connectivity index (χ4v) is 6.83. The lowest BCUT2D eigenvalue weighted by molar-refractivity contribution is -0.00279. The Hall–Kier alpha value is -3.42. The Morgan fingerprint density at radius 2 is 1.88 bits per heavy atom. The normalized spacial score (nSPS) is 20.5. The Balaban J connectivity index is 1.13. The Kier molecular flexibility index (Phi) is 7.87. The monoisotopic (exact) mass is 588 g/mol. The quantitative estimate of drug-likeness (QED) is 0.281. The average molecular weight is 589 g/mol. The molecule has 3 fully saturated rings. The second kappa shape index (κ2) is 12.1. The van der Waals surface area contributed by atoms with Gasteiger partial charge in [0.2, 0.25) is 0 Å². The maximum atomic E-state index is 10.5. The lowest BCUT2D eigenvalue weighted by atomic mass is 10.0. The predicted molar refractivity (Wildman–Crippen MR) is 162 cm³/mol. The summed E-state index contributed by atoms with van der Waals surface area (Å²) in [4.78, 5) is 19.5. The van der Waals surface area contributed by atoms with Crippen molar-refractivity contribution < 1.29 is 14.9 Å². The van der Waals surface area contributed by atoms with Crippen molar-refractivity contribution in [1.29, 1.82) is 0 Å². The molecule has 3 aliphatic rings. The first-order chi connectivity index (χ1) is 20.6. The van der Waals surface area contributed by atoms with Crippen LogP contribution in [-0.4, -0.2) is 91.4 Å². The Morgan fingerprint density at radius 1 is 1.00 bits per heavy atom. The van der Waals surface area contributed by atoms with Gasteiger partial charge in [0.25, 0.3) is 0 Å². The molecule has 3 saturated heterocycles. The molecule has 220 valence electrons. The predicted octanol–water partition coefficient (Wildman–Crippen LogP) is 3.70. The fraction of sp³-hybridized carbons (Fsp3) is 0.467. The highest BCUT2D eigenvalue weighted by Gasteiger charge is 2.25. The van der Waals surface area contributed by atoms with E-state index in [9.17, 15) is 10.2 Å². The zero-order valence-corrected chi connectivity index (χ0v) is 24.3. The van der Waals surface area contributed by atoms with Crippen molar-refractivity contribution in [1.82, 2.24) is 29.6 Å². The highest BCUT2D eigenvalue weighted by atomic mass is 32.1. The first kappa shape index (κ1) is 27.4. The van der Waals surface area contributed by atoms with Gasteiger partial charge >= 0.3 is 0 Å². The minimum atomic E-state index is -0.354. The topological polar surface area (TPSA) is 125 Å². The first-order valence-electron chi connectivity index (χ1n) is 14.7. The molecule has 42 heavy (non-hydrogen) atoms. The number of hydrogen-bond acceptors (Lipinski definition) is 11. The molecule has 0 radical (unpaired) electrons. The van der Waals surface area contributed by atoms with Crippen molar-refractivity contribution in [2.45, 2.75) is 50.5 Å². The molecule has 1 atom stereocenters. The summed E-state index contributed by atoms with van der Waals surface area (Å²) in [6.07, 6.45) is 10.8. The summed E-state index contributed by atoms with van der Waals surface area (Å²) in [6.45, 7) is 5.26. The number of hydrogen-bond donors (Lipinski definition) is 3. The van der Waals surface area contributed by atoms with Gasteiger partial charge in [0, 0.05) is 81.7 Å². The number of pyridine rings is 1. The summed E-state index contributed by atoms with van der Waals surface area (Å²) in [6, 6.07) is 6.36. The highest BCUT2D eigenvalue weighted by Crippen LogP contribution is 2.35. The molecule has 0 unspecified atom stereocenters. The molecule has 4 aromatic rings. The summed E-state index contributed by atoms with van der Waals surface area (Å²) in [5.74, 6) is 2.01. The van der Waals surface area contributed by atoms with Crippen LogP contribution >= 0.6 is 11.3 Å². The van der Waals surface area contributed by atoms with Crippen LogP contribution in [-0.2, 0) is 11.3 Å². The van der Waals surface area contributed by atoms with E-state index in [0.717, 1.165) is 86.8 Å². The van der Waals surface area contributed by atoms with Crippen LogP contribution in [0.2, 0.25) is 0 Å². The minimum Gasteiger partial charge on any atom is -0.391 e. The van der Waals surface area contributed by atoms with Crippen LogP contribution in [0.1, 0.15) is 37.3 Å². The first-order valence-corrected chi connectivity index (χ1v) is 15.6. The summed E-state index contributed by atoms with van der Waals surface area (Å²) in [7, 11) is 0. The minimum absolute atomic E-state index is 0.202. The van der Waals surface area contributed by atoms with E-state index in [2.05, 4.69) is 42.4 Å². The second-order valence-electron chi connectivity index (χ2n) is 11.4. The molecule has 3 N–H and O–H groups in total. The van der Waals surface area contributed by atoms with Crippen LogP contribution in [0.5, 0.6) is 0 Å². The number of aromatic nitrogens is 5. The van der Waals surface area contributed by atoms with Crippen LogP contribution in [0, 0.1) is 0 Å². The molecule has 4 aromatic heterocycles. The van der Waals surface area contributed by atoms with Crippen LogP contribution in [0.4, 0.5) is 17.3 Å². The summed E-state index contributed by atoms with van der Waals surface area (Å²) < 4.78 is 7.59. The maximum Gasteiger partial charge on any atom is 0.171 e. The molecule has 0 saturated carbocycles. The highest BCUT2D eigenvalue weighted by molar-refractivity contribution is 7.13. The number of anilines is 3. The van der Waals surface area contributed by atoms with Crippen LogP contribution < -0.4 is 10.2 Å². The number of β-amino-alcohol motifs (C(OH)–C–C–N with tert-alkyl or cyclic N) is 2. The fourth-order valence-electron chi connectivity index (χ4n) is 5.98. The largest absolute Gasteiger partial charge is 0.391 e. The van der Waals surface area contributed by atoms with Crippen molar-refractivity contribution >= 4 is 28.7 Å². The van der Waals surface area contributed by atoms with Crippen molar-refractivity contribution in [3.8, 4) is 21.8 Å². The number of ether oxygens (including phenoxy) is 1. The molecular weight excluding hydrogens is 552 g/mol. The van der Waals surface area contributed by atoms with Crippen molar-refractivity contribution in [3.05, 3.63) is 53.9 Å². The van der Waals surface area contributed by atoms with Crippen molar-refractivity contribution in [2.24, 2.45) is 0 Å². The molecule has 11 nitrogen and oxygen atoms in total. The summed E-state index contributed by atoms with van der Waals surface area (Å²) in [5.41, 5.74) is 4.24. The molecule has 7 rings (SSSR count). The third-order valence-electron chi connectivity index (χ3n) is 8.23. The molecule has 0 aromatic carbocycles. The van der Waals surface area contributed by atoms with Crippen molar-refractivity contribution in [2.75, 3.05) is 49.6 Å². The average Bonchev–Trinajstić information content (AvgIpc) is 3.68. The number of likely N-dealkylation sites (tertiary alicyclic amines) is 1. The third kappa shape index (κ3) is 6.04. The summed E-state index contributed by atoms with van der Waals surface area (Å²) >= 11 is 1.63. The number of rotatable bonds is 8. The van der Waals surface area contributed by atoms with E-state index in [1.165, 1.54) is 5.56 Å². The van der Waals surface area contributed by atoms with Gasteiger partial charge < -0.3 is 25.2 Å². The third-order valence-corrected chi connectivity index (χ3v) is 9.20. The second-order valence-corrected chi connectivity index (χ2v) is 12.4. The molecule has 0 aliphatic carbocycles. The molecule has 0 spiro atoms. The van der Waals surface area contributed by atoms with Crippen molar-refractivity contribution in [3.63, 3.8) is 0 Å². The number of nitrogens with zero attached hydrogens (tertiary/aromatic N) is 7. The number of piperidine rings is 1. The van der Waals surface area contributed by atoms with Crippen LogP contribution in [0.15, 0.2) is 48.4 Å². The maximum absolute atomic E-state index is 10.5. The van der Waals surface area contributed by atoms with Crippen LogP contribution in [0.25, 0.3) is 21.8 Å². The van der Waals surface area contributed by atoms with E-state index in [1.54, 1.807) is 17.5 Å². The Labute approximate surface area is 248 Å². The van der Waals surface area contributed by atoms with Gasteiger partial charge in [-0.1, -0.05) is 0 Å². The van der Waals surface area contributed by atoms with Gasteiger partial charge in [-0.05, 0) is 48.8 Å². The van der Waals surface area contributed by atoms with E-state index < -0.39 is 0 Å². The van der Waals surface area contributed by atoms with E-state index in [-0.39, 0.29) is 12.2 Å². The smallest absolute Gasteiger partial charge is 0.171 e. The SMILES string of the molecule is OC1CN(Cc2csc(-c3nccc(Nc4cc(N5CCC[C@H](O)C5)c(-c5cnn(C6CCOCC6)c5)cn4)n3)c2)C1.